The number of benzene rings is 2. The van der Waals surface area contributed by atoms with E-state index in [0.717, 1.165) is 4.57 Å². The van der Waals surface area contributed by atoms with Crippen molar-refractivity contribution in [2.45, 2.75) is 13.5 Å². The normalized spacial score (nSPS) is 10.6. The second kappa shape index (κ2) is 7.16. The molecule has 3 rings (SSSR count). The van der Waals surface area contributed by atoms with E-state index in [1.807, 2.05) is 0 Å². The number of carboxylic acid groups (broad SMARTS) is 1. The standard InChI is InChI=1S/C18H15N3O6/c1-10(22)19-12-3-5-13(6-4-12)20-16(23)9-21-14-8-11(17(24)25)2-7-15(14)27-18(21)26/h2-8H,9H2,1H3,(H,19,22)(H,20,23)(H,24,25). The molecular weight excluding hydrogens is 354 g/mol. The summed E-state index contributed by atoms with van der Waals surface area (Å²) < 4.78 is 6.09. The Kier molecular flexibility index (Phi) is 4.75. The fourth-order valence-electron chi connectivity index (χ4n) is 2.53. The molecule has 0 aliphatic carbocycles. The van der Waals surface area contributed by atoms with Gasteiger partial charge >= 0.3 is 11.7 Å². The Morgan fingerprint density at radius 3 is 2.26 bits per heavy atom. The monoisotopic (exact) mass is 369 g/mol. The van der Waals surface area contributed by atoms with Crippen molar-refractivity contribution in [3.05, 3.63) is 58.6 Å². The second-order valence-electron chi connectivity index (χ2n) is 5.75. The van der Waals surface area contributed by atoms with Crippen molar-refractivity contribution >= 4 is 40.3 Å². The second-order valence-corrected chi connectivity index (χ2v) is 5.75. The molecule has 0 saturated heterocycles. The molecule has 27 heavy (non-hydrogen) atoms. The van der Waals surface area contributed by atoms with Crippen molar-refractivity contribution in [1.29, 1.82) is 0 Å². The highest BCUT2D eigenvalue weighted by molar-refractivity contribution is 5.94. The van der Waals surface area contributed by atoms with Gasteiger partial charge in [-0.25, -0.2) is 9.59 Å². The zero-order valence-electron chi connectivity index (χ0n) is 14.2. The number of anilines is 2. The van der Waals surface area contributed by atoms with Crippen LogP contribution in [0.5, 0.6) is 0 Å². The van der Waals surface area contributed by atoms with E-state index in [4.69, 9.17) is 9.52 Å². The largest absolute Gasteiger partial charge is 0.478 e. The van der Waals surface area contributed by atoms with E-state index >= 15 is 0 Å². The predicted octanol–water partition coefficient (Wildman–Crippen LogP) is 1.89. The maximum atomic E-state index is 12.3. The van der Waals surface area contributed by atoms with Crippen molar-refractivity contribution in [1.82, 2.24) is 4.57 Å². The average molecular weight is 369 g/mol. The predicted molar refractivity (Wildman–Crippen MR) is 96.8 cm³/mol. The Labute approximate surface area is 152 Å². The quantitative estimate of drug-likeness (QED) is 0.629. The lowest BCUT2D eigenvalue weighted by Gasteiger charge is -2.07. The molecule has 9 nitrogen and oxygen atoms in total. The highest BCUT2D eigenvalue weighted by Gasteiger charge is 2.15. The molecule has 0 unspecified atom stereocenters. The van der Waals surface area contributed by atoms with Crippen LogP contribution in [0.2, 0.25) is 0 Å². The third-order valence-corrected chi connectivity index (χ3v) is 3.71. The number of nitrogens with one attached hydrogen (secondary N) is 2. The molecule has 9 heteroatoms. The van der Waals surface area contributed by atoms with E-state index < -0.39 is 17.6 Å². The number of carbonyl (C=O) groups is 3. The van der Waals surface area contributed by atoms with Crippen LogP contribution in [0.4, 0.5) is 11.4 Å². The number of fused-ring (bicyclic) bond motifs is 1. The van der Waals surface area contributed by atoms with Crippen LogP contribution in [0.3, 0.4) is 0 Å². The summed E-state index contributed by atoms with van der Waals surface area (Å²) in [7, 11) is 0. The first-order chi connectivity index (χ1) is 12.8. The summed E-state index contributed by atoms with van der Waals surface area (Å²) in [6.07, 6.45) is 0. The summed E-state index contributed by atoms with van der Waals surface area (Å²) in [5.74, 6) is -2.61. The molecule has 0 fully saturated rings. The van der Waals surface area contributed by atoms with Gasteiger partial charge in [-0.1, -0.05) is 0 Å². The van der Waals surface area contributed by atoms with E-state index in [1.165, 1.54) is 25.1 Å². The van der Waals surface area contributed by atoms with Gasteiger partial charge < -0.3 is 20.2 Å². The maximum absolute atomic E-state index is 12.3. The van der Waals surface area contributed by atoms with E-state index in [1.54, 1.807) is 24.3 Å². The van der Waals surface area contributed by atoms with Crippen LogP contribution in [-0.4, -0.2) is 27.5 Å². The fourth-order valence-corrected chi connectivity index (χ4v) is 2.53. The molecule has 0 aliphatic heterocycles. The van der Waals surface area contributed by atoms with Crippen molar-refractivity contribution in [2.75, 3.05) is 10.6 Å². The smallest absolute Gasteiger partial charge is 0.420 e. The Morgan fingerprint density at radius 2 is 1.67 bits per heavy atom. The van der Waals surface area contributed by atoms with Gasteiger partial charge in [0, 0.05) is 18.3 Å². The topological polar surface area (TPSA) is 131 Å². The molecular formula is C18H15N3O6. The minimum absolute atomic E-state index is 0.0222. The van der Waals surface area contributed by atoms with Crippen molar-refractivity contribution in [2.24, 2.45) is 0 Å². The molecule has 0 bridgehead atoms. The van der Waals surface area contributed by atoms with Crippen molar-refractivity contribution in [3.8, 4) is 0 Å². The fraction of sp³-hybridized carbons (Fsp3) is 0.111. The molecule has 1 aromatic heterocycles. The number of nitrogens with zero attached hydrogens (tertiary/aromatic N) is 1. The number of carboxylic acids is 1. The van der Waals surface area contributed by atoms with E-state index in [0.29, 0.717) is 11.4 Å². The number of hydrogen-bond donors (Lipinski definition) is 3. The lowest BCUT2D eigenvalue weighted by Crippen LogP contribution is -2.24. The van der Waals surface area contributed by atoms with Gasteiger partial charge in [-0.2, -0.15) is 0 Å². The Bertz CT molecular complexity index is 1090. The van der Waals surface area contributed by atoms with Gasteiger partial charge in [0.25, 0.3) is 0 Å². The number of rotatable bonds is 5. The molecule has 2 aromatic carbocycles. The molecule has 138 valence electrons. The van der Waals surface area contributed by atoms with Gasteiger partial charge in [0.15, 0.2) is 5.58 Å². The highest BCUT2D eigenvalue weighted by atomic mass is 16.4. The zero-order chi connectivity index (χ0) is 19.6. The highest BCUT2D eigenvalue weighted by Crippen LogP contribution is 2.16. The molecule has 3 aromatic rings. The Balaban J connectivity index is 1.78. The summed E-state index contributed by atoms with van der Waals surface area (Å²) in [5.41, 5.74) is 1.44. The van der Waals surface area contributed by atoms with Gasteiger partial charge in [0.05, 0.1) is 11.1 Å². The van der Waals surface area contributed by atoms with E-state index in [-0.39, 0.29) is 29.1 Å². The lowest BCUT2D eigenvalue weighted by molar-refractivity contribution is -0.117. The Hall–Kier alpha value is -3.88. The summed E-state index contributed by atoms with van der Waals surface area (Å²) in [6.45, 7) is 1.04. The van der Waals surface area contributed by atoms with Crippen LogP contribution in [0.1, 0.15) is 17.3 Å². The maximum Gasteiger partial charge on any atom is 0.420 e. The third kappa shape index (κ3) is 4.03. The van der Waals surface area contributed by atoms with Crippen LogP contribution in [0.25, 0.3) is 11.1 Å². The third-order valence-electron chi connectivity index (χ3n) is 3.71. The number of amides is 2. The van der Waals surface area contributed by atoms with Crippen LogP contribution >= 0.6 is 0 Å². The first-order valence-corrected chi connectivity index (χ1v) is 7.87. The van der Waals surface area contributed by atoms with E-state index in [9.17, 15) is 19.2 Å². The summed E-state index contributed by atoms with van der Waals surface area (Å²) in [6, 6.07) is 10.4. The molecule has 0 spiro atoms. The van der Waals surface area contributed by atoms with Gasteiger partial charge in [-0.05, 0) is 42.5 Å². The van der Waals surface area contributed by atoms with Gasteiger partial charge in [-0.3, -0.25) is 14.2 Å². The minimum atomic E-state index is -1.15. The number of oxazole rings is 1. The van der Waals surface area contributed by atoms with Crippen molar-refractivity contribution in [3.63, 3.8) is 0 Å². The first-order valence-electron chi connectivity index (χ1n) is 7.87. The molecule has 0 radical (unpaired) electrons. The first kappa shape index (κ1) is 17.9. The minimum Gasteiger partial charge on any atom is -0.478 e. The van der Waals surface area contributed by atoms with Crippen LogP contribution in [0.15, 0.2) is 51.7 Å². The molecule has 2 amide bonds. The van der Waals surface area contributed by atoms with Crippen LogP contribution < -0.4 is 16.4 Å². The SMILES string of the molecule is CC(=O)Nc1ccc(NC(=O)Cn2c(=O)oc3ccc(C(=O)O)cc32)cc1. The van der Waals surface area contributed by atoms with Crippen LogP contribution in [0, 0.1) is 0 Å². The average Bonchev–Trinajstić information content (AvgIpc) is 2.91. The number of carbonyl (C=O) groups excluding carboxylic acids is 2. The molecule has 0 saturated carbocycles. The number of aromatic carboxylic acids is 1. The summed E-state index contributed by atoms with van der Waals surface area (Å²) >= 11 is 0. The van der Waals surface area contributed by atoms with Crippen molar-refractivity contribution < 1.29 is 23.9 Å². The van der Waals surface area contributed by atoms with E-state index in [2.05, 4.69) is 10.6 Å². The lowest BCUT2D eigenvalue weighted by atomic mass is 10.2. The molecule has 0 aliphatic rings. The summed E-state index contributed by atoms with van der Waals surface area (Å²) in [4.78, 5) is 46.3. The van der Waals surface area contributed by atoms with Gasteiger partial charge in [-0.15, -0.1) is 0 Å². The summed E-state index contributed by atoms with van der Waals surface area (Å²) in [5, 5.41) is 14.3. The van der Waals surface area contributed by atoms with Gasteiger partial charge in [0.2, 0.25) is 11.8 Å². The Morgan fingerprint density at radius 1 is 1.04 bits per heavy atom. The number of hydrogen-bond acceptors (Lipinski definition) is 5. The van der Waals surface area contributed by atoms with Crippen LogP contribution in [-0.2, 0) is 16.1 Å². The zero-order valence-corrected chi connectivity index (χ0v) is 14.2. The molecule has 0 atom stereocenters. The molecule has 1 heterocycles. The number of aromatic nitrogens is 1. The van der Waals surface area contributed by atoms with Gasteiger partial charge in [0.1, 0.15) is 6.54 Å². The molecule has 3 N–H and O–H groups in total.